The summed E-state index contributed by atoms with van der Waals surface area (Å²) in [6.45, 7) is 8.31. The molecule has 0 atom stereocenters. The van der Waals surface area contributed by atoms with E-state index >= 15 is 0 Å². The molecule has 0 bridgehead atoms. The Morgan fingerprint density at radius 2 is 1.65 bits per heavy atom. The second-order valence-corrected chi connectivity index (χ2v) is 5.30. The molecular weight excluding hydrogens is 236 g/mol. The summed E-state index contributed by atoms with van der Waals surface area (Å²) in [6.07, 6.45) is 0. The number of ether oxygens (including phenoxy) is 2. The summed E-state index contributed by atoms with van der Waals surface area (Å²) in [5.41, 5.74) is 1.49. The fourth-order valence-corrected chi connectivity index (χ4v) is 1.54. The number of halogens is 1. The SMILES string of the molecule is CC(C)(C)c1ccc(OCCOCCCl)cc1. The molecule has 0 N–H and O–H groups in total. The summed E-state index contributed by atoms with van der Waals surface area (Å²) in [5.74, 6) is 1.41. The maximum atomic E-state index is 5.55. The second-order valence-electron chi connectivity index (χ2n) is 4.92. The minimum atomic E-state index is 0.183. The predicted octanol–water partition coefficient (Wildman–Crippen LogP) is 3.62. The van der Waals surface area contributed by atoms with E-state index in [9.17, 15) is 0 Å². The van der Waals surface area contributed by atoms with Gasteiger partial charge in [-0.1, -0.05) is 32.9 Å². The zero-order chi connectivity index (χ0) is 12.7. The molecule has 0 amide bonds. The summed E-state index contributed by atoms with van der Waals surface area (Å²) in [7, 11) is 0. The van der Waals surface area contributed by atoms with E-state index in [0.29, 0.717) is 25.7 Å². The first-order valence-corrected chi connectivity index (χ1v) is 6.44. The Morgan fingerprint density at radius 1 is 1.00 bits per heavy atom. The minimum absolute atomic E-state index is 0.183. The molecule has 0 aromatic heterocycles. The maximum Gasteiger partial charge on any atom is 0.119 e. The third kappa shape index (κ3) is 5.42. The molecule has 3 heteroatoms. The summed E-state index contributed by atoms with van der Waals surface area (Å²) < 4.78 is 10.8. The zero-order valence-electron chi connectivity index (χ0n) is 10.8. The highest BCUT2D eigenvalue weighted by Gasteiger charge is 2.12. The molecule has 1 rings (SSSR count). The monoisotopic (exact) mass is 256 g/mol. The highest BCUT2D eigenvalue weighted by Crippen LogP contribution is 2.24. The van der Waals surface area contributed by atoms with Crippen LogP contribution in [0.4, 0.5) is 0 Å². The number of hydrogen-bond acceptors (Lipinski definition) is 2. The quantitative estimate of drug-likeness (QED) is 0.572. The molecule has 0 fully saturated rings. The molecule has 0 aliphatic rings. The molecule has 0 saturated heterocycles. The Hall–Kier alpha value is -0.730. The largest absolute Gasteiger partial charge is 0.491 e. The summed E-state index contributed by atoms with van der Waals surface area (Å²) in [5, 5.41) is 0. The fourth-order valence-electron chi connectivity index (χ4n) is 1.43. The van der Waals surface area contributed by atoms with E-state index in [-0.39, 0.29) is 5.41 Å². The van der Waals surface area contributed by atoms with Gasteiger partial charge in [0.05, 0.1) is 13.2 Å². The second kappa shape index (κ2) is 6.87. The van der Waals surface area contributed by atoms with Gasteiger partial charge in [-0.2, -0.15) is 0 Å². The lowest BCUT2D eigenvalue weighted by Crippen LogP contribution is -2.11. The van der Waals surface area contributed by atoms with E-state index in [4.69, 9.17) is 21.1 Å². The summed E-state index contributed by atoms with van der Waals surface area (Å²) >= 11 is 5.49. The van der Waals surface area contributed by atoms with E-state index < -0.39 is 0 Å². The molecule has 0 heterocycles. The van der Waals surface area contributed by atoms with Crippen molar-refractivity contribution < 1.29 is 9.47 Å². The first kappa shape index (κ1) is 14.3. The molecule has 0 saturated carbocycles. The van der Waals surface area contributed by atoms with Crippen LogP contribution in [-0.2, 0) is 10.2 Å². The number of alkyl halides is 1. The van der Waals surface area contributed by atoms with Crippen molar-refractivity contribution in [2.75, 3.05) is 25.7 Å². The van der Waals surface area contributed by atoms with Crippen molar-refractivity contribution in [3.8, 4) is 5.75 Å². The third-order valence-electron chi connectivity index (χ3n) is 2.44. The van der Waals surface area contributed by atoms with E-state index in [1.807, 2.05) is 12.1 Å². The van der Waals surface area contributed by atoms with Gasteiger partial charge in [0.25, 0.3) is 0 Å². The van der Waals surface area contributed by atoms with Crippen LogP contribution in [0.5, 0.6) is 5.75 Å². The average molecular weight is 257 g/mol. The van der Waals surface area contributed by atoms with Gasteiger partial charge in [-0.15, -0.1) is 11.6 Å². The lowest BCUT2D eigenvalue weighted by molar-refractivity contribution is 0.111. The Kier molecular flexibility index (Phi) is 5.79. The number of hydrogen-bond donors (Lipinski definition) is 0. The third-order valence-corrected chi connectivity index (χ3v) is 2.59. The lowest BCUT2D eigenvalue weighted by Gasteiger charge is -2.19. The predicted molar refractivity (Wildman–Crippen MR) is 72.2 cm³/mol. The van der Waals surface area contributed by atoms with Crippen molar-refractivity contribution in [1.82, 2.24) is 0 Å². The fraction of sp³-hybridized carbons (Fsp3) is 0.571. The summed E-state index contributed by atoms with van der Waals surface area (Å²) in [6, 6.07) is 8.22. The molecule has 96 valence electrons. The summed E-state index contributed by atoms with van der Waals surface area (Å²) in [4.78, 5) is 0. The van der Waals surface area contributed by atoms with Crippen molar-refractivity contribution in [2.45, 2.75) is 26.2 Å². The van der Waals surface area contributed by atoms with Crippen LogP contribution in [-0.4, -0.2) is 25.7 Å². The van der Waals surface area contributed by atoms with E-state index in [1.165, 1.54) is 5.56 Å². The molecule has 0 spiro atoms. The van der Waals surface area contributed by atoms with Crippen molar-refractivity contribution in [3.63, 3.8) is 0 Å². The average Bonchev–Trinajstić information content (AvgIpc) is 2.28. The Labute approximate surface area is 109 Å². The molecule has 0 unspecified atom stereocenters. The van der Waals surface area contributed by atoms with Crippen LogP contribution in [0.15, 0.2) is 24.3 Å². The Bertz CT molecular complexity index is 314. The van der Waals surface area contributed by atoms with Crippen LogP contribution < -0.4 is 4.74 Å². The molecule has 1 aromatic carbocycles. The Morgan fingerprint density at radius 3 is 2.18 bits per heavy atom. The van der Waals surface area contributed by atoms with Gasteiger partial charge in [0.15, 0.2) is 0 Å². The van der Waals surface area contributed by atoms with Gasteiger partial charge in [-0.25, -0.2) is 0 Å². The number of rotatable bonds is 6. The van der Waals surface area contributed by atoms with Crippen molar-refractivity contribution in [3.05, 3.63) is 29.8 Å². The van der Waals surface area contributed by atoms with Gasteiger partial charge >= 0.3 is 0 Å². The van der Waals surface area contributed by atoms with Crippen molar-refractivity contribution >= 4 is 11.6 Å². The normalized spacial score (nSPS) is 11.5. The van der Waals surface area contributed by atoms with Gasteiger partial charge in [-0.3, -0.25) is 0 Å². The molecular formula is C14H21ClO2. The smallest absolute Gasteiger partial charge is 0.119 e. The maximum absolute atomic E-state index is 5.55. The molecule has 1 aromatic rings. The van der Waals surface area contributed by atoms with E-state index in [2.05, 4.69) is 32.9 Å². The molecule has 0 radical (unpaired) electrons. The highest BCUT2D eigenvalue weighted by molar-refractivity contribution is 6.17. The molecule has 17 heavy (non-hydrogen) atoms. The van der Waals surface area contributed by atoms with Gasteiger partial charge < -0.3 is 9.47 Å². The molecule has 0 aliphatic heterocycles. The van der Waals surface area contributed by atoms with Crippen LogP contribution in [0.3, 0.4) is 0 Å². The van der Waals surface area contributed by atoms with Gasteiger partial charge in [0.1, 0.15) is 12.4 Å². The standard InChI is InChI=1S/C14H21ClO2/c1-14(2,3)12-4-6-13(7-5-12)17-11-10-16-9-8-15/h4-7H,8-11H2,1-3H3. The lowest BCUT2D eigenvalue weighted by atomic mass is 9.87. The minimum Gasteiger partial charge on any atom is -0.491 e. The first-order valence-electron chi connectivity index (χ1n) is 5.91. The number of benzene rings is 1. The van der Waals surface area contributed by atoms with E-state index in [1.54, 1.807) is 0 Å². The highest BCUT2D eigenvalue weighted by atomic mass is 35.5. The van der Waals surface area contributed by atoms with Crippen LogP contribution in [0.2, 0.25) is 0 Å². The zero-order valence-corrected chi connectivity index (χ0v) is 11.6. The van der Waals surface area contributed by atoms with Gasteiger partial charge in [-0.05, 0) is 23.1 Å². The van der Waals surface area contributed by atoms with Crippen molar-refractivity contribution in [1.29, 1.82) is 0 Å². The molecule has 2 nitrogen and oxygen atoms in total. The van der Waals surface area contributed by atoms with Crippen LogP contribution in [0.1, 0.15) is 26.3 Å². The van der Waals surface area contributed by atoms with E-state index in [0.717, 1.165) is 5.75 Å². The van der Waals surface area contributed by atoms with Crippen molar-refractivity contribution in [2.24, 2.45) is 0 Å². The van der Waals surface area contributed by atoms with Gasteiger partial charge in [0, 0.05) is 5.88 Å². The first-order chi connectivity index (χ1) is 8.04. The topological polar surface area (TPSA) is 18.5 Å². The van der Waals surface area contributed by atoms with Crippen LogP contribution >= 0.6 is 11.6 Å². The Balaban J connectivity index is 2.36. The van der Waals surface area contributed by atoms with Crippen LogP contribution in [0, 0.1) is 0 Å². The van der Waals surface area contributed by atoms with Crippen LogP contribution in [0.25, 0.3) is 0 Å². The van der Waals surface area contributed by atoms with Gasteiger partial charge in [0.2, 0.25) is 0 Å². The molecule has 0 aliphatic carbocycles.